The van der Waals surface area contributed by atoms with E-state index < -0.39 is 49.5 Å². The Morgan fingerprint density at radius 3 is 2.70 bits per heavy atom. The summed E-state index contributed by atoms with van der Waals surface area (Å²) in [7, 11) is 2.07. The highest BCUT2D eigenvalue weighted by atomic mass is 16.8. The van der Waals surface area contributed by atoms with Gasteiger partial charge in [0.25, 0.3) is 5.91 Å². The van der Waals surface area contributed by atoms with E-state index in [1.54, 1.807) is 6.08 Å². The first kappa shape index (κ1) is 24.7. The fraction of sp³-hybridized carbons (Fsp3) is 0.519. The third-order valence-electron chi connectivity index (χ3n) is 8.41. The first-order valence-electron chi connectivity index (χ1n) is 12.7. The molecule has 1 saturated heterocycles. The molecule has 5 heterocycles. The molecule has 10 nitrogen and oxygen atoms in total. The number of rotatable bonds is 4. The number of carbonyl (C=O) groups is 1. The Hall–Kier alpha value is -2.57. The van der Waals surface area contributed by atoms with Gasteiger partial charge in [-0.1, -0.05) is 24.3 Å². The molecule has 6 rings (SSSR count). The highest BCUT2D eigenvalue weighted by Gasteiger charge is 2.49. The molecule has 0 radical (unpaired) electrons. The Kier molecular flexibility index (Phi) is 6.23. The summed E-state index contributed by atoms with van der Waals surface area (Å²) < 4.78 is 19.2. The molecule has 0 bridgehead atoms. The van der Waals surface area contributed by atoms with Gasteiger partial charge in [0.1, 0.15) is 24.4 Å². The van der Waals surface area contributed by atoms with Crippen LogP contribution >= 0.6 is 0 Å². The average molecular weight is 513 g/mol. The van der Waals surface area contributed by atoms with Crippen molar-refractivity contribution in [2.24, 2.45) is 11.8 Å². The molecule has 4 aliphatic heterocycles. The molecule has 4 N–H and O–H groups in total. The molecule has 1 aromatic carbocycles. The number of fused-ring (bicyclic) bond motifs is 4. The number of ether oxygens (including phenoxy) is 3. The molecular weight excluding hydrogens is 480 g/mol. The van der Waals surface area contributed by atoms with Gasteiger partial charge >= 0.3 is 0 Å². The van der Waals surface area contributed by atoms with E-state index >= 15 is 0 Å². The molecule has 0 amide bonds. The lowest BCUT2D eigenvalue weighted by Gasteiger charge is -2.43. The lowest BCUT2D eigenvalue weighted by Crippen LogP contribution is -2.60. The van der Waals surface area contributed by atoms with Crippen molar-refractivity contribution in [1.82, 2.24) is 9.47 Å². The number of aromatic nitrogens is 1. The van der Waals surface area contributed by atoms with Crippen molar-refractivity contribution in [1.29, 1.82) is 0 Å². The summed E-state index contributed by atoms with van der Waals surface area (Å²) in [5.74, 6) is -0.893. The van der Waals surface area contributed by atoms with Crippen LogP contribution in [-0.4, -0.2) is 93.0 Å². The SMILES string of the molecule is C=C[C@H]1[C@H](O[C@@H]2O[C@H](CO)[C@@H](O)[C@H](O)[C@H]2O)OC=C2C(=O)n3c4c(c5ccccc53)CCN(C)[C@@H]4C[C@@H]21. The summed E-state index contributed by atoms with van der Waals surface area (Å²) in [5, 5.41) is 41.4. The van der Waals surface area contributed by atoms with Crippen molar-refractivity contribution in [3.63, 3.8) is 0 Å². The van der Waals surface area contributed by atoms with Crippen LogP contribution in [0.5, 0.6) is 0 Å². The highest BCUT2D eigenvalue weighted by molar-refractivity contribution is 6.04. The van der Waals surface area contributed by atoms with E-state index in [1.807, 2.05) is 22.8 Å². The summed E-state index contributed by atoms with van der Waals surface area (Å²) in [6.45, 7) is 4.29. The van der Waals surface area contributed by atoms with Crippen LogP contribution in [-0.2, 0) is 20.6 Å². The second-order valence-electron chi connectivity index (χ2n) is 10.3. The molecule has 10 heteroatoms. The van der Waals surface area contributed by atoms with Crippen molar-refractivity contribution in [2.75, 3.05) is 20.2 Å². The molecule has 0 unspecified atom stereocenters. The number of hydrogen-bond acceptors (Lipinski definition) is 9. The number of likely N-dealkylation sites (N-methyl/N-ethyl adjacent to an activating group) is 1. The Morgan fingerprint density at radius 2 is 1.95 bits per heavy atom. The molecule has 0 aliphatic carbocycles. The van der Waals surface area contributed by atoms with Gasteiger partial charge in [-0.25, -0.2) is 0 Å². The third kappa shape index (κ3) is 3.70. The van der Waals surface area contributed by atoms with E-state index in [1.165, 1.54) is 11.8 Å². The summed E-state index contributed by atoms with van der Waals surface area (Å²) >= 11 is 0. The van der Waals surface area contributed by atoms with Crippen LogP contribution in [0.1, 0.15) is 28.5 Å². The maximum atomic E-state index is 14.0. The smallest absolute Gasteiger partial charge is 0.261 e. The van der Waals surface area contributed by atoms with Gasteiger partial charge in [-0.3, -0.25) is 14.3 Å². The fourth-order valence-electron chi connectivity index (χ4n) is 6.39. The molecule has 0 spiro atoms. The summed E-state index contributed by atoms with van der Waals surface area (Å²) in [6.07, 6.45) is -3.45. The van der Waals surface area contributed by atoms with Crippen molar-refractivity contribution in [2.45, 2.75) is 55.9 Å². The van der Waals surface area contributed by atoms with Crippen molar-refractivity contribution in [3.8, 4) is 0 Å². The van der Waals surface area contributed by atoms with Crippen molar-refractivity contribution >= 4 is 16.8 Å². The van der Waals surface area contributed by atoms with E-state index in [4.69, 9.17) is 14.2 Å². The van der Waals surface area contributed by atoms with Crippen LogP contribution < -0.4 is 0 Å². The monoisotopic (exact) mass is 512 g/mol. The lowest BCUT2D eigenvalue weighted by atomic mass is 9.78. The van der Waals surface area contributed by atoms with E-state index in [0.29, 0.717) is 12.0 Å². The number of aliphatic hydroxyl groups is 4. The summed E-state index contributed by atoms with van der Waals surface area (Å²) in [6, 6.07) is 7.97. The molecule has 198 valence electrons. The Labute approximate surface area is 214 Å². The van der Waals surface area contributed by atoms with Crippen LogP contribution in [0.3, 0.4) is 0 Å². The van der Waals surface area contributed by atoms with Crippen LogP contribution in [0.4, 0.5) is 0 Å². The van der Waals surface area contributed by atoms with E-state index in [0.717, 1.165) is 29.6 Å². The number of allylic oxidation sites excluding steroid dienone is 1. The van der Waals surface area contributed by atoms with Gasteiger partial charge in [0.2, 0.25) is 6.29 Å². The van der Waals surface area contributed by atoms with Gasteiger partial charge in [0.05, 0.1) is 30.0 Å². The van der Waals surface area contributed by atoms with E-state index in [9.17, 15) is 25.2 Å². The second-order valence-corrected chi connectivity index (χ2v) is 10.3. The van der Waals surface area contributed by atoms with Gasteiger partial charge in [-0.15, -0.1) is 6.58 Å². The molecule has 0 saturated carbocycles. The number of benzene rings is 1. The second kappa shape index (κ2) is 9.32. The lowest BCUT2D eigenvalue weighted by molar-refractivity contribution is -0.339. The topological polar surface area (TPSA) is 134 Å². The van der Waals surface area contributed by atoms with Crippen molar-refractivity contribution in [3.05, 3.63) is 60.0 Å². The Balaban J connectivity index is 1.36. The maximum absolute atomic E-state index is 14.0. The zero-order valence-electron chi connectivity index (χ0n) is 20.5. The fourth-order valence-corrected chi connectivity index (χ4v) is 6.39. The first-order valence-corrected chi connectivity index (χ1v) is 12.7. The molecule has 1 aromatic heterocycles. The van der Waals surface area contributed by atoms with Gasteiger partial charge < -0.3 is 34.6 Å². The minimum absolute atomic E-state index is 0.00976. The van der Waals surface area contributed by atoms with Gasteiger partial charge in [0.15, 0.2) is 6.29 Å². The van der Waals surface area contributed by atoms with Crippen LogP contribution in [0.15, 0.2) is 48.8 Å². The van der Waals surface area contributed by atoms with Crippen LogP contribution in [0.2, 0.25) is 0 Å². The third-order valence-corrected chi connectivity index (χ3v) is 8.41. The molecule has 4 aliphatic rings. The zero-order chi connectivity index (χ0) is 26.0. The number of aliphatic hydroxyl groups excluding tert-OH is 4. The number of carbonyl (C=O) groups excluding carboxylic acids is 1. The standard InChI is InChI=1S/C27H32N2O8/c1-3-13-16-10-19-21-15(8-9-28(19)2)14-6-4-5-7-18(14)29(21)25(34)17(16)12-35-26(13)37-27-24(33)23(32)22(31)20(11-30)36-27/h3-7,12-13,16,19-20,22-24,26-27,30-33H,1,8-11H2,2H3/t13-,16-,19-,20-,22-,23+,24-,26+,27+/m1/s1. The molecule has 2 aromatic rings. The van der Waals surface area contributed by atoms with Crippen LogP contribution in [0, 0.1) is 11.8 Å². The number of nitrogens with zero attached hydrogens (tertiary/aromatic N) is 2. The summed E-state index contributed by atoms with van der Waals surface area (Å²) in [5.41, 5.74) is 3.63. The normalized spacial score (nSPS) is 37.8. The predicted octanol–water partition coefficient (Wildman–Crippen LogP) is 0.689. The minimum atomic E-state index is -1.57. The van der Waals surface area contributed by atoms with Crippen molar-refractivity contribution < 1.29 is 39.4 Å². The molecular formula is C27H32N2O8. The molecule has 37 heavy (non-hydrogen) atoms. The van der Waals surface area contributed by atoms with E-state index in [-0.39, 0.29) is 17.9 Å². The molecule has 1 fully saturated rings. The molecule has 9 atom stereocenters. The summed E-state index contributed by atoms with van der Waals surface area (Å²) in [4.78, 5) is 16.3. The van der Waals surface area contributed by atoms with Gasteiger partial charge in [-0.05, 0) is 31.5 Å². The Morgan fingerprint density at radius 1 is 1.16 bits per heavy atom. The highest BCUT2D eigenvalue weighted by Crippen LogP contribution is 2.48. The average Bonchev–Trinajstić information content (AvgIpc) is 3.17. The minimum Gasteiger partial charge on any atom is -0.471 e. The first-order chi connectivity index (χ1) is 17.8. The maximum Gasteiger partial charge on any atom is 0.261 e. The van der Waals surface area contributed by atoms with Gasteiger partial charge in [-0.2, -0.15) is 0 Å². The zero-order valence-corrected chi connectivity index (χ0v) is 20.5. The van der Waals surface area contributed by atoms with Crippen LogP contribution in [0.25, 0.3) is 10.9 Å². The largest absolute Gasteiger partial charge is 0.471 e. The van der Waals surface area contributed by atoms with E-state index in [2.05, 4.69) is 24.6 Å². The Bertz CT molecular complexity index is 1250. The number of para-hydroxylation sites is 1. The van der Waals surface area contributed by atoms with Gasteiger partial charge in [0, 0.05) is 29.5 Å². The predicted molar refractivity (Wildman–Crippen MR) is 131 cm³/mol. The quantitative estimate of drug-likeness (QED) is 0.437. The number of hydrogen-bond donors (Lipinski definition) is 4.